The maximum Gasteiger partial charge on any atom is 0.293 e. The molecule has 78 valence electrons. The number of hydrogen-bond donors (Lipinski definition) is 1. The largest absolute Gasteiger partial charge is 0.468 e. The highest BCUT2D eigenvalue weighted by molar-refractivity contribution is 6.30. The van der Waals surface area contributed by atoms with Gasteiger partial charge in [0.2, 0.25) is 0 Å². The summed E-state index contributed by atoms with van der Waals surface area (Å²) in [6.45, 7) is 0. The van der Waals surface area contributed by atoms with Crippen molar-refractivity contribution in [2.24, 2.45) is 0 Å². The molecule has 0 aliphatic heterocycles. The van der Waals surface area contributed by atoms with Gasteiger partial charge in [-0.25, -0.2) is 9.37 Å². The van der Waals surface area contributed by atoms with E-state index in [-0.39, 0.29) is 5.82 Å². The summed E-state index contributed by atoms with van der Waals surface area (Å²) in [7, 11) is 1.48. The zero-order chi connectivity index (χ0) is 10.8. The van der Waals surface area contributed by atoms with Gasteiger partial charge < -0.3 is 9.72 Å². The van der Waals surface area contributed by atoms with Crippen LogP contribution in [0.3, 0.4) is 0 Å². The van der Waals surface area contributed by atoms with Crippen molar-refractivity contribution in [1.29, 1.82) is 0 Å². The number of methoxy groups -OCH3 is 1. The summed E-state index contributed by atoms with van der Waals surface area (Å²) in [4.78, 5) is 6.71. The summed E-state index contributed by atoms with van der Waals surface area (Å²) in [5.41, 5.74) is 0.908. The third-order valence-electron chi connectivity index (χ3n) is 1.96. The minimum atomic E-state index is -0.356. The van der Waals surface area contributed by atoms with Crippen LogP contribution in [0.15, 0.2) is 24.4 Å². The van der Waals surface area contributed by atoms with E-state index in [4.69, 9.17) is 16.3 Å². The molecule has 0 fully saturated rings. The van der Waals surface area contributed by atoms with Crippen LogP contribution in [0.1, 0.15) is 0 Å². The van der Waals surface area contributed by atoms with E-state index in [1.54, 1.807) is 0 Å². The Labute approximate surface area is 90.9 Å². The lowest BCUT2D eigenvalue weighted by Gasteiger charge is -2.00. The number of aromatic nitrogens is 2. The van der Waals surface area contributed by atoms with E-state index < -0.39 is 0 Å². The van der Waals surface area contributed by atoms with Gasteiger partial charge >= 0.3 is 0 Å². The Kier molecular flexibility index (Phi) is 2.60. The van der Waals surface area contributed by atoms with Crippen molar-refractivity contribution < 1.29 is 9.13 Å². The second kappa shape index (κ2) is 3.90. The van der Waals surface area contributed by atoms with Crippen LogP contribution in [0, 0.1) is 5.82 Å². The first-order chi connectivity index (χ1) is 7.20. The highest BCUT2D eigenvalue weighted by atomic mass is 35.5. The molecule has 0 aliphatic rings. The van der Waals surface area contributed by atoms with E-state index in [9.17, 15) is 4.39 Å². The minimum absolute atomic E-state index is 0.337. The number of halogens is 2. The zero-order valence-corrected chi connectivity index (χ0v) is 8.68. The molecule has 0 spiro atoms. The molecular weight excluding hydrogens is 219 g/mol. The van der Waals surface area contributed by atoms with Crippen LogP contribution in [-0.2, 0) is 0 Å². The summed E-state index contributed by atoms with van der Waals surface area (Å²) in [5.74, 6) is -0.356. The van der Waals surface area contributed by atoms with Crippen molar-refractivity contribution in [2.75, 3.05) is 7.11 Å². The fourth-order valence-corrected chi connectivity index (χ4v) is 1.42. The average molecular weight is 227 g/mol. The van der Waals surface area contributed by atoms with E-state index in [1.165, 1.54) is 31.5 Å². The van der Waals surface area contributed by atoms with Gasteiger partial charge in [-0.1, -0.05) is 11.6 Å². The molecule has 3 nitrogen and oxygen atoms in total. The SMILES string of the molecule is COc1ncc(-c2cc(Cl)ccc2F)[nH]1. The fraction of sp³-hybridized carbons (Fsp3) is 0.100. The maximum atomic E-state index is 13.4. The predicted molar refractivity (Wildman–Crippen MR) is 55.5 cm³/mol. The van der Waals surface area contributed by atoms with Crippen molar-refractivity contribution in [2.45, 2.75) is 0 Å². The summed E-state index contributed by atoms with van der Waals surface area (Å²) in [6, 6.07) is 4.67. The number of H-pyrrole nitrogens is 1. The van der Waals surface area contributed by atoms with E-state index in [0.29, 0.717) is 22.3 Å². The van der Waals surface area contributed by atoms with E-state index >= 15 is 0 Å². The second-order valence-electron chi connectivity index (χ2n) is 2.93. The van der Waals surface area contributed by atoms with Crippen LogP contribution in [0.2, 0.25) is 5.02 Å². The Morgan fingerprint density at radius 2 is 2.27 bits per heavy atom. The van der Waals surface area contributed by atoms with Crippen LogP contribution in [0.25, 0.3) is 11.3 Å². The van der Waals surface area contributed by atoms with Crippen molar-refractivity contribution in [1.82, 2.24) is 9.97 Å². The first-order valence-electron chi connectivity index (χ1n) is 4.25. The molecule has 0 aliphatic carbocycles. The van der Waals surface area contributed by atoms with Crippen molar-refractivity contribution in [3.63, 3.8) is 0 Å². The molecule has 0 radical (unpaired) electrons. The quantitative estimate of drug-likeness (QED) is 0.855. The maximum absolute atomic E-state index is 13.4. The first-order valence-corrected chi connectivity index (χ1v) is 4.63. The van der Waals surface area contributed by atoms with Crippen LogP contribution in [0.5, 0.6) is 6.01 Å². The van der Waals surface area contributed by atoms with Crippen LogP contribution in [0.4, 0.5) is 4.39 Å². The molecular formula is C10H8ClFN2O. The van der Waals surface area contributed by atoms with Crippen LogP contribution in [-0.4, -0.2) is 17.1 Å². The second-order valence-corrected chi connectivity index (χ2v) is 3.37. The number of rotatable bonds is 2. The minimum Gasteiger partial charge on any atom is -0.468 e. The molecule has 5 heteroatoms. The van der Waals surface area contributed by atoms with Gasteiger partial charge in [0.05, 0.1) is 19.0 Å². The molecule has 1 N–H and O–H groups in total. The normalized spacial score (nSPS) is 10.3. The number of nitrogens with one attached hydrogen (secondary N) is 1. The van der Waals surface area contributed by atoms with Crippen molar-refractivity contribution >= 4 is 11.6 Å². The van der Waals surface area contributed by atoms with E-state index in [2.05, 4.69) is 9.97 Å². The topological polar surface area (TPSA) is 37.9 Å². The van der Waals surface area contributed by atoms with Gasteiger partial charge in [0.1, 0.15) is 5.82 Å². The monoisotopic (exact) mass is 226 g/mol. The lowest BCUT2D eigenvalue weighted by molar-refractivity contribution is 0.384. The summed E-state index contributed by atoms with van der Waals surface area (Å²) in [5, 5.41) is 0.472. The first kappa shape index (κ1) is 9.98. The van der Waals surface area contributed by atoms with Gasteiger partial charge in [0.25, 0.3) is 6.01 Å². The number of benzene rings is 1. The summed E-state index contributed by atoms with van der Waals surface area (Å²) in [6.07, 6.45) is 1.49. The highest BCUT2D eigenvalue weighted by Gasteiger charge is 2.08. The van der Waals surface area contributed by atoms with Crippen molar-refractivity contribution in [3.05, 3.63) is 35.2 Å². The molecule has 1 heterocycles. The predicted octanol–water partition coefficient (Wildman–Crippen LogP) is 2.88. The molecule has 1 aromatic heterocycles. The highest BCUT2D eigenvalue weighted by Crippen LogP contribution is 2.25. The Morgan fingerprint density at radius 3 is 2.93 bits per heavy atom. The van der Waals surface area contributed by atoms with Gasteiger partial charge in [-0.3, -0.25) is 0 Å². The smallest absolute Gasteiger partial charge is 0.293 e. The van der Waals surface area contributed by atoms with Gasteiger partial charge in [-0.2, -0.15) is 0 Å². The van der Waals surface area contributed by atoms with E-state index in [1.807, 2.05) is 0 Å². The van der Waals surface area contributed by atoms with Gasteiger partial charge in [-0.15, -0.1) is 0 Å². The Balaban J connectivity index is 2.48. The Hall–Kier alpha value is -1.55. The van der Waals surface area contributed by atoms with Crippen LogP contribution >= 0.6 is 11.6 Å². The molecule has 2 rings (SSSR count). The molecule has 0 amide bonds. The van der Waals surface area contributed by atoms with Crippen LogP contribution < -0.4 is 4.74 Å². The Morgan fingerprint density at radius 1 is 1.47 bits per heavy atom. The van der Waals surface area contributed by atoms with Gasteiger partial charge in [0, 0.05) is 10.6 Å². The summed E-state index contributed by atoms with van der Waals surface area (Å²) >= 11 is 5.78. The Bertz CT molecular complexity index is 484. The third-order valence-corrected chi connectivity index (χ3v) is 2.20. The van der Waals surface area contributed by atoms with Crippen molar-refractivity contribution in [3.8, 4) is 17.3 Å². The molecule has 0 saturated heterocycles. The molecule has 15 heavy (non-hydrogen) atoms. The summed E-state index contributed by atoms with van der Waals surface area (Å²) < 4.78 is 18.3. The zero-order valence-electron chi connectivity index (χ0n) is 7.92. The molecule has 0 bridgehead atoms. The fourth-order valence-electron chi connectivity index (χ4n) is 1.25. The molecule has 1 aromatic carbocycles. The number of aromatic amines is 1. The molecule has 0 atom stereocenters. The lowest BCUT2D eigenvalue weighted by Crippen LogP contribution is -1.86. The number of hydrogen-bond acceptors (Lipinski definition) is 2. The van der Waals surface area contributed by atoms with Gasteiger partial charge in [-0.05, 0) is 18.2 Å². The molecule has 0 saturated carbocycles. The molecule has 2 aromatic rings. The number of imidazole rings is 1. The standard InChI is InChI=1S/C10H8ClFN2O/c1-15-10-13-5-9(14-10)7-4-6(11)2-3-8(7)12/h2-5H,1H3,(H,13,14). The third kappa shape index (κ3) is 1.94. The average Bonchev–Trinajstić information content (AvgIpc) is 2.70. The number of nitrogens with zero attached hydrogens (tertiary/aromatic N) is 1. The number of ether oxygens (including phenoxy) is 1. The van der Waals surface area contributed by atoms with E-state index in [0.717, 1.165) is 0 Å². The lowest BCUT2D eigenvalue weighted by atomic mass is 10.1. The van der Waals surface area contributed by atoms with Gasteiger partial charge in [0.15, 0.2) is 0 Å². The molecule has 0 unspecified atom stereocenters.